The Bertz CT molecular complexity index is 629. The van der Waals surface area contributed by atoms with Crippen LogP contribution in [0.1, 0.15) is 35.9 Å². The number of hydrogen-bond donors (Lipinski definition) is 1. The van der Waals surface area contributed by atoms with Crippen LogP contribution in [0.2, 0.25) is 0 Å². The van der Waals surface area contributed by atoms with Crippen molar-refractivity contribution in [1.29, 1.82) is 0 Å². The first kappa shape index (κ1) is 20.3. The number of β-amino-alcohol motifs (C(OH)–C–C–N with tert-alkyl or cyclic N) is 1. The second kappa shape index (κ2) is 9.14. The first-order chi connectivity index (χ1) is 13.0. The molecule has 2 fully saturated rings. The minimum absolute atomic E-state index is 0.113. The monoisotopic (exact) mass is 380 g/mol. The Morgan fingerprint density at radius 3 is 2.89 bits per heavy atom. The molecule has 3 heterocycles. The Balaban J connectivity index is 1.71. The molecule has 1 unspecified atom stereocenters. The summed E-state index contributed by atoms with van der Waals surface area (Å²) in [7, 11) is 0. The van der Waals surface area contributed by atoms with Crippen molar-refractivity contribution in [2.45, 2.75) is 38.8 Å². The Morgan fingerprint density at radius 2 is 2.15 bits per heavy atom. The van der Waals surface area contributed by atoms with Crippen LogP contribution < -0.4 is 0 Å². The fourth-order valence-corrected chi connectivity index (χ4v) is 3.89. The molecule has 1 atom stereocenters. The zero-order valence-electron chi connectivity index (χ0n) is 16.5. The van der Waals surface area contributed by atoms with Gasteiger partial charge in [-0.3, -0.25) is 9.48 Å². The fraction of sp³-hybridized carbons (Fsp3) is 0.789. The molecule has 2 saturated heterocycles. The summed E-state index contributed by atoms with van der Waals surface area (Å²) in [4.78, 5) is 17.2. The van der Waals surface area contributed by atoms with E-state index in [9.17, 15) is 9.90 Å². The van der Waals surface area contributed by atoms with E-state index in [-0.39, 0.29) is 19.1 Å². The van der Waals surface area contributed by atoms with Crippen LogP contribution in [0.5, 0.6) is 0 Å². The summed E-state index contributed by atoms with van der Waals surface area (Å²) in [6.07, 6.45) is 2.33. The molecule has 27 heavy (non-hydrogen) atoms. The lowest BCUT2D eigenvalue weighted by atomic mass is 10.0. The van der Waals surface area contributed by atoms with Crippen LogP contribution in [-0.2, 0) is 16.0 Å². The molecule has 0 radical (unpaired) electrons. The summed E-state index contributed by atoms with van der Waals surface area (Å²) in [5.74, 6) is -0.113. The quantitative estimate of drug-likeness (QED) is 0.695. The van der Waals surface area contributed by atoms with E-state index >= 15 is 0 Å². The summed E-state index contributed by atoms with van der Waals surface area (Å²) in [5.41, 5.74) is 0.299. The standard InChI is InChI=1S/C19H32N4O4/c1-3-26-11-9-23-17(12-16(2)20-23)18(24)22-8-10-27-15-19(25,14-22)13-21-6-4-5-7-21/h12,25H,3-11,13-15H2,1-2H3. The van der Waals surface area contributed by atoms with Gasteiger partial charge in [0.25, 0.3) is 5.91 Å². The molecule has 0 aliphatic carbocycles. The van der Waals surface area contributed by atoms with Crippen LogP contribution in [0.25, 0.3) is 0 Å². The second-order valence-corrected chi connectivity index (χ2v) is 7.58. The van der Waals surface area contributed by atoms with Gasteiger partial charge in [-0.1, -0.05) is 0 Å². The smallest absolute Gasteiger partial charge is 0.272 e. The highest BCUT2D eigenvalue weighted by Gasteiger charge is 2.37. The van der Waals surface area contributed by atoms with E-state index in [1.807, 2.05) is 13.8 Å². The van der Waals surface area contributed by atoms with Gasteiger partial charge >= 0.3 is 0 Å². The summed E-state index contributed by atoms with van der Waals surface area (Å²) in [6.45, 7) is 9.48. The van der Waals surface area contributed by atoms with Crippen molar-refractivity contribution in [3.8, 4) is 0 Å². The van der Waals surface area contributed by atoms with Gasteiger partial charge in [-0.15, -0.1) is 0 Å². The third-order valence-electron chi connectivity index (χ3n) is 5.14. The van der Waals surface area contributed by atoms with Crippen molar-refractivity contribution in [3.63, 3.8) is 0 Å². The lowest BCUT2D eigenvalue weighted by Gasteiger charge is -2.34. The highest BCUT2D eigenvalue weighted by atomic mass is 16.5. The van der Waals surface area contributed by atoms with E-state index in [1.165, 1.54) is 0 Å². The normalized spacial score (nSPS) is 24.3. The molecule has 1 aromatic heterocycles. The van der Waals surface area contributed by atoms with Crippen molar-refractivity contribution in [2.75, 3.05) is 59.2 Å². The zero-order valence-corrected chi connectivity index (χ0v) is 16.5. The maximum atomic E-state index is 13.2. The molecule has 3 rings (SSSR count). The molecule has 1 aromatic rings. The van der Waals surface area contributed by atoms with Gasteiger partial charge in [0.2, 0.25) is 0 Å². The van der Waals surface area contributed by atoms with Gasteiger partial charge in [0.1, 0.15) is 11.3 Å². The van der Waals surface area contributed by atoms with Crippen molar-refractivity contribution < 1.29 is 19.4 Å². The maximum absolute atomic E-state index is 13.2. The number of hydrogen-bond acceptors (Lipinski definition) is 6. The van der Waals surface area contributed by atoms with E-state index in [0.29, 0.717) is 45.1 Å². The Labute approximate surface area is 161 Å². The highest BCUT2D eigenvalue weighted by molar-refractivity contribution is 5.92. The molecule has 0 spiro atoms. The van der Waals surface area contributed by atoms with E-state index < -0.39 is 5.60 Å². The molecule has 8 heteroatoms. The molecule has 0 saturated carbocycles. The first-order valence-electron chi connectivity index (χ1n) is 9.95. The van der Waals surface area contributed by atoms with E-state index in [1.54, 1.807) is 15.6 Å². The van der Waals surface area contributed by atoms with E-state index in [2.05, 4.69) is 10.00 Å². The number of rotatable bonds is 7. The van der Waals surface area contributed by atoms with Crippen LogP contribution in [0.4, 0.5) is 0 Å². The lowest BCUT2D eigenvalue weighted by Crippen LogP contribution is -2.53. The van der Waals surface area contributed by atoms with Crippen LogP contribution in [-0.4, -0.2) is 95.3 Å². The number of carbonyl (C=O) groups excluding carboxylic acids is 1. The number of nitrogens with zero attached hydrogens (tertiary/aromatic N) is 4. The van der Waals surface area contributed by atoms with Gasteiger partial charge < -0.3 is 24.4 Å². The molecule has 0 aromatic carbocycles. The zero-order chi connectivity index (χ0) is 19.3. The van der Waals surface area contributed by atoms with Gasteiger partial charge in [-0.2, -0.15) is 5.10 Å². The number of aliphatic hydroxyl groups is 1. The number of ether oxygens (including phenoxy) is 2. The molecule has 8 nitrogen and oxygen atoms in total. The van der Waals surface area contributed by atoms with Crippen LogP contribution in [0, 0.1) is 6.92 Å². The Morgan fingerprint density at radius 1 is 1.37 bits per heavy atom. The van der Waals surface area contributed by atoms with Crippen molar-refractivity contribution in [3.05, 3.63) is 17.5 Å². The van der Waals surface area contributed by atoms with Crippen molar-refractivity contribution >= 4 is 5.91 Å². The fourth-order valence-electron chi connectivity index (χ4n) is 3.89. The summed E-state index contributed by atoms with van der Waals surface area (Å²) in [6, 6.07) is 1.81. The van der Waals surface area contributed by atoms with Gasteiger partial charge in [0.05, 0.1) is 38.6 Å². The van der Waals surface area contributed by atoms with Crippen LogP contribution in [0.15, 0.2) is 6.07 Å². The summed E-state index contributed by atoms with van der Waals surface area (Å²) >= 11 is 0. The Hall–Kier alpha value is -1.48. The summed E-state index contributed by atoms with van der Waals surface area (Å²) in [5, 5.41) is 15.6. The molecule has 2 aliphatic rings. The first-order valence-corrected chi connectivity index (χ1v) is 9.95. The topological polar surface area (TPSA) is 80.1 Å². The minimum atomic E-state index is -1.04. The molecule has 1 N–H and O–H groups in total. The maximum Gasteiger partial charge on any atom is 0.272 e. The predicted molar refractivity (Wildman–Crippen MR) is 101 cm³/mol. The van der Waals surface area contributed by atoms with Crippen molar-refractivity contribution in [1.82, 2.24) is 19.6 Å². The second-order valence-electron chi connectivity index (χ2n) is 7.58. The predicted octanol–water partition coefficient (Wildman–Crippen LogP) is 0.527. The number of carbonyl (C=O) groups is 1. The largest absolute Gasteiger partial charge is 0.384 e. The molecule has 2 aliphatic heterocycles. The van der Waals surface area contributed by atoms with Gasteiger partial charge in [0.15, 0.2) is 0 Å². The van der Waals surface area contributed by atoms with E-state index in [4.69, 9.17) is 9.47 Å². The molecular weight excluding hydrogens is 348 g/mol. The number of likely N-dealkylation sites (tertiary alicyclic amines) is 1. The van der Waals surface area contributed by atoms with Crippen LogP contribution in [0.3, 0.4) is 0 Å². The van der Waals surface area contributed by atoms with E-state index in [0.717, 1.165) is 31.6 Å². The molecule has 0 bridgehead atoms. The average molecular weight is 380 g/mol. The lowest BCUT2D eigenvalue weighted by molar-refractivity contribution is -0.0525. The number of amides is 1. The Kier molecular flexibility index (Phi) is 6.86. The average Bonchev–Trinajstić information content (AvgIpc) is 3.21. The molecular formula is C19H32N4O4. The third-order valence-corrected chi connectivity index (χ3v) is 5.14. The van der Waals surface area contributed by atoms with Crippen molar-refractivity contribution in [2.24, 2.45) is 0 Å². The number of aryl methyl sites for hydroxylation is 1. The molecule has 152 valence electrons. The number of aromatic nitrogens is 2. The minimum Gasteiger partial charge on any atom is -0.384 e. The SMILES string of the molecule is CCOCCn1nc(C)cc1C(=O)N1CCOCC(O)(CN2CCCC2)C1. The molecule has 1 amide bonds. The van der Waals surface area contributed by atoms with Gasteiger partial charge in [-0.25, -0.2) is 0 Å². The van der Waals surface area contributed by atoms with Gasteiger partial charge in [-0.05, 0) is 45.8 Å². The van der Waals surface area contributed by atoms with Gasteiger partial charge in [0, 0.05) is 19.7 Å². The highest BCUT2D eigenvalue weighted by Crippen LogP contribution is 2.19. The summed E-state index contributed by atoms with van der Waals surface area (Å²) < 4.78 is 12.7. The van der Waals surface area contributed by atoms with Crippen LogP contribution >= 0.6 is 0 Å². The third kappa shape index (κ3) is 5.28.